The summed E-state index contributed by atoms with van der Waals surface area (Å²) in [6.07, 6.45) is 0. The second-order valence-electron chi connectivity index (χ2n) is 7.02. The largest absolute Gasteiger partial charge is 0.467 e. The SMILES string of the molecule is Cc1cccc(NC(=O)COc2cc(C)c3c(C)nn(-c4ccccc4)c3n2)c1. The van der Waals surface area contributed by atoms with E-state index in [0.717, 1.165) is 33.6 Å². The molecule has 0 radical (unpaired) electrons. The normalized spacial score (nSPS) is 10.9. The molecule has 0 fully saturated rings. The van der Waals surface area contributed by atoms with Crippen LogP contribution in [0.5, 0.6) is 5.88 Å². The smallest absolute Gasteiger partial charge is 0.262 e. The number of pyridine rings is 1. The lowest BCUT2D eigenvalue weighted by Gasteiger charge is -2.09. The summed E-state index contributed by atoms with van der Waals surface area (Å²) >= 11 is 0. The van der Waals surface area contributed by atoms with Crippen LogP contribution in [0.4, 0.5) is 5.69 Å². The standard InChI is InChI=1S/C23H22N4O2/c1-15-8-7-9-18(12-15)24-20(28)14-29-21-13-16(2)22-17(3)26-27(23(22)25-21)19-10-5-4-6-11-19/h4-13H,14H2,1-3H3,(H,24,28). The van der Waals surface area contributed by atoms with Crippen LogP contribution in [0.1, 0.15) is 16.8 Å². The molecule has 0 spiro atoms. The fraction of sp³-hybridized carbons (Fsp3) is 0.174. The zero-order valence-corrected chi connectivity index (χ0v) is 16.6. The molecule has 0 aliphatic heterocycles. The van der Waals surface area contributed by atoms with Crippen molar-refractivity contribution in [2.45, 2.75) is 20.8 Å². The molecule has 0 saturated heterocycles. The molecule has 2 heterocycles. The molecule has 0 unspecified atom stereocenters. The summed E-state index contributed by atoms with van der Waals surface area (Å²) in [5.41, 5.74) is 5.36. The predicted octanol–water partition coefficient (Wildman–Crippen LogP) is 4.36. The summed E-state index contributed by atoms with van der Waals surface area (Å²) in [4.78, 5) is 16.9. The van der Waals surface area contributed by atoms with Gasteiger partial charge in [-0.3, -0.25) is 4.79 Å². The van der Waals surface area contributed by atoms with E-state index in [4.69, 9.17) is 4.74 Å². The number of carbonyl (C=O) groups is 1. The Hall–Kier alpha value is -3.67. The molecule has 6 heteroatoms. The fourth-order valence-corrected chi connectivity index (χ4v) is 3.36. The van der Waals surface area contributed by atoms with Gasteiger partial charge in [-0.25, -0.2) is 4.68 Å². The maximum absolute atomic E-state index is 12.3. The Labute approximate surface area is 169 Å². The van der Waals surface area contributed by atoms with Gasteiger partial charge in [-0.1, -0.05) is 30.3 Å². The fourth-order valence-electron chi connectivity index (χ4n) is 3.36. The van der Waals surface area contributed by atoms with Gasteiger partial charge in [0.05, 0.1) is 11.4 Å². The molecule has 2 aromatic carbocycles. The van der Waals surface area contributed by atoms with Crippen molar-refractivity contribution in [2.24, 2.45) is 0 Å². The average molecular weight is 386 g/mol. The van der Waals surface area contributed by atoms with Crippen molar-refractivity contribution in [2.75, 3.05) is 11.9 Å². The van der Waals surface area contributed by atoms with E-state index >= 15 is 0 Å². The maximum atomic E-state index is 12.3. The van der Waals surface area contributed by atoms with E-state index in [1.165, 1.54) is 0 Å². The molecule has 0 aliphatic rings. The third-order valence-electron chi connectivity index (χ3n) is 4.64. The average Bonchev–Trinajstić information content (AvgIpc) is 3.04. The van der Waals surface area contributed by atoms with Gasteiger partial charge in [0.2, 0.25) is 5.88 Å². The summed E-state index contributed by atoms with van der Waals surface area (Å²) in [7, 11) is 0. The van der Waals surface area contributed by atoms with Gasteiger partial charge in [0.15, 0.2) is 12.3 Å². The first-order valence-electron chi connectivity index (χ1n) is 9.43. The molecule has 1 amide bonds. The van der Waals surface area contributed by atoms with Crippen molar-refractivity contribution in [3.8, 4) is 11.6 Å². The van der Waals surface area contributed by atoms with E-state index in [2.05, 4.69) is 15.4 Å². The van der Waals surface area contributed by atoms with Gasteiger partial charge in [-0.15, -0.1) is 0 Å². The van der Waals surface area contributed by atoms with Gasteiger partial charge in [-0.05, 0) is 56.2 Å². The van der Waals surface area contributed by atoms with Crippen LogP contribution in [-0.2, 0) is 4.79 Å². The first-order chi connectivity index (χ1) is 14.0. The lowest BCUT2D eigenvalue weighted by atomic mass is 10.2. The van der Waals surface area contributed by atoms with E-state index in [0.29, 0.717) is 11.5 Å². The van der Waals surface area contributed by atoms with Crippen LogP contribution >= 0.6 is 0 Å². The van der Waals surface area contributed by atoms with E-state index in [1.54, 1.807) is 4.68 Å². The van der Waals surface area contributed by atoms with Gasteiger partial charge < -0.3 is 10.1 Å². The molecule has 6 nitrogen and oxygen atoms in total. The second-order valence-corrected chi connectivity index (χ2v) is 7.02. The molecule has 0 aliphatic carbocycles. The van der Waals surface area contributed by atoms with Crippen molar-refractivity contribution in [3.05, 3.63) is 77.5 Å². The molecule has 0 saturated carbocycles. The Balaban J connectivity index is 1.57. The highest BCUT2D eigenvalue weighted by molar-refractivity contribution is 5.92. The number of carbonyl (C=O) groups excluding carboxylic acids is 1. The minimum absolute atomic E-state index is 0.121. The van der Waals surface area contributed by atoms with Crippen molar-refractivity contribution in [1.29, 1.82) is 0 Å². The Bertz CT molecular complexity index is 1180. The lowest BCUT2D eigenvalue weighted by Crippen LogP contribution is -2.20. The van der Waals surface area contributed by atoms with E-state index in [9.17, 15) is 4.79 Å². The molecule has 0 bridgehead atoms. The first kappa shape index (κ1) is 18.7. The van der Waals surface area contributed by atoms with Crippen molar-refractivity contribution < 1.29 is 9.53 Å². The minimum atomic E-state index is -0.233. The quantitative estimate of drug-likeness (QED) is 0.553. The van der Waals surface area contributed by atoms with Gasteiger partial charge in [0, 0.05) is 17.1 Å². The molecule has 4 rings (SSSR count). The molecular weight excluding hydrogens is 364 g/mol. The lowest BCUT2D eigenvalue weighted by molar-refractivity contribution is -0.118. The van der Waals surface area contributed by atoms with E-state index in [-0.39, 0.29) is 12.5 Å². The van der Waals surface area contributed by atoms with Gasteiger partial charge in [0.25, 0.3) is 5.91 Å². The number of aromatic nitrogens is 3. The van der Waals surface area contributed by atoms with Crippen LogP contribution < -0.4 is 10.1 Å². The minimum Gasteiger partial charge on any atom is -0.467 e. The summed E-state index contributed by atoms with van der Waals surface area (Å²) in [5, 5.41) is 8.47. The summed E-state index contributed by atoms with van der Waals surface area (Å²) < 4.78 is 7.50. The number of nitrogens with one attached hydrogen (secondary N) is 1. The monoisotopic (exact) mass is 386 g/mol. The zero-order chi connectivity index (χ0) is 20.4. The third kappa shape index (κ3) is 3.96. The predicted molar refractivity (Wildman–Crippen MR) is 114 cm³/mol. The van der Waals surface area contributed by atoms with Crippen molar-refractivity contribution in [3.63, 3.8) is 0 Å². The number of para-hydroxylation sites is 1. The molecule has 29 heavy (non-hydrogen) atoms. The Morgan fingerprint density at radius 2 is 1.83 bits per heavy atom. The molecule has 2 aromatic heterocycles. The zero-order valence-electron chi connectivity index (χ0n) is 16.6. The number of hydrogen-bond donors (Lipinski definition) is 1. The van der Waals surface area contributed by atoms with Gasteiger partial charge >= 0.3 is 0 Å². The molecule has 1 N–H and O–H groups in total. The van der Waals surface area contributed by atoms with Crippen LogP contribution in [0.3, 0.4) is 0 Å². The maximum Gasteiger partial charge on any atom is 0.262 e. The van der Waals surface area contributed by atoms with Crippen LogP contribution in [-0.4, -0.2) is 27.3 Å². The number of rotatable bonds is 5. The number of nitrogens with zero attached hydrogens (tertiary/aromatic N) is 3. The third-order valence-corrected chi connectivity index (χ3v) is 4.64. The number of anilines is 1. The topological polar surface area (TPSA) is 69.0 Å². The highest BCUT2D eigenvalue weighted by Gasteiger charge is 2.15. The highest BCUT2D eigenvalue weighted by Crippen LogP contribution is 2.26. The Morgan fingerprint density at radius 1 is 1.03 bits per heavy atom. The Morgan fingerprint density at radius 3 is 2.59 bits per heavy atom. The highest BCUT2D eigenvalue weighted by atomic mass is 16.5. The molecule has 0 atom stereocenters. The Kier molecular flexibility index (Phi) is 4.99. The second kappa shape index (κ2) is 7.75. The summed E-state index contributed by atoms with van der Waals surface area (Å²) in [5.74, 6) is 0.161. The number of fused-ring (bicyclic) bond motifs is 1. The van der Waals surface area contributed by atoms with Crippen LogP contribution in [0, 0.1) is 20.8 Å². The number of benzene rings is 2. The number of hydrogen-bond acceptors (Lipinski definition) is 4. The van der Waals surface area contributed by atoms with Crippen LogP contribution in [0.15, 0.2) is 60.7 Å². The van der Waals surface area contributed by atoms with Gasteiger partial charge in [0.1, 0.15) is 0 Å². The molecule has 146 valence electrons. The van der Waals surface area contributed by atoms with Crippen molar-refractivity contribution >= 4 is 22.6 Å². The summed E-state index contributed by atoms with van der Waals surface area (Å²) in [6.45, 7) is 5.82. The molecule has 4 aromatic rings. The summed E-state index contributed by atoms with van der Waals surface area (Å²) in [6, 6.07) is 19.3. The molecular formula is C23H22N4O2. The van der Waals surface area contributed by atoms with E-state index in [1.807, 2.05) is 81.4 Å². The number of ether oxygens (including phenoxy) is 1. The van der Waals surface area contributed by atoms with Crippen LogP contribution in [0.25, 0.3) is 16.7 Å². The van der Waals surface area contributed by atoms with Crippen LogP contribution in [0.2, 0.25) is 0 Å². The van der Waals surface area contributed by atoms with Crippen molar-refractivity contribution in [1.82, 2.24) is 14.8 Å². The number of aryl methyl sites for hydroxylation is 3. The van der Waals surface area contributed by atoms with E-state index < -0.39 is 0 Å². The van der Waals surface area contributed by atoms with Gasteiger partial charge in [-0.2, -0.15) is 10.1 Å². The number of amides is 1. The first-order valence-corrected chi connectivity index (χ1v) is 9.43.